The number of nitrogens with one attached hydrogen (secondary N) is 1. The molecule has 0 saturated carbocycles. The highest BCUT2D eigenvalue weighted by Crippen LogP contribution is 2.25. The van der Waals surface area contributed by atoms with Crippen molar-refractivity contribution in [3.05, 3.63) is 23.8 Å². The molecule has 1 N–H and O–H groups in total. The van der Waals surface area contributed by atoms with Crippen LogP contribution in [0.15, 0.2) is 18.2 Å². The maximum Gasteiger partial charge on any atom is 0.413 e. The van der Waals surface area contributed by atoms with Gasteiger partial charge in [0.1, 0.15) is 11.5 Å². The summed E-state index contributed by atoms with van der Waals surface area (Å²) < 4.78 is 19.5. The molecular formula is C15H19NO7. The van der Waals surface area contributed by atoms with E-state index in [0.29, 0.717) is 17.1 Å². The van der Waals surface area contributed by atoms with Gasteiger partial charge in [-0.25, -0.2) is 4.79 Å². The zero-order valence-corrected chi connectivity index (χ0v) is 13.4. The Morgan fingerprint density at radius 2 is 1.83 bits per heavy atom. The maximum atomic E-state index is 11.9. The van der Waals surface area contributed by atoms with Gasteiger partial charge in [-0.15, -0.1) is 0 Å². The topological polar surface area (TPSA) is 100 Å². The lowest BCUT2D eigenvalue weighted by molar-refractivity contribution is -0.153. The molecule has 1 rings (SSSR count). The maximum absolute atomic E-state index is 11.9. The van der Waals surface area contributed by atoms with E-state index in [0.717, 1.165) is 7.11 Å². The summed E-state index contributed by atoms with van der Waals surface area (Å²) in [5.41, 5.74) is 0.582. The van der Waals surface area contributed by atoms with Crippen molar-refractivity contribution in [1.29, 1.82) is 0 Å². The van der Waals surface area contributed by atoms with Gasteiger partial charge in [-0.2, -0.15) is 0 Å². The van der Waals surface area contributed by atoms with E-state index in [2.05, 4.69) is 4.74 Å². The average molecular weight is 325 g/mol. The number of carbonyl (C=O) groups excluding carboxylic acids is 3. The van der Waals surface area contributed by atoms with E-state index in [1.165, 1.54) is 21.1 Å². The van der Waals surface area contributed by atoms with Crippen LogP contribution < -0.4 is 14.8 Å². The highest BCUT2D eigenvalue weighted by molar-refractivity contribution is 5.95. The van der Waals surface area contributed by atoms with Crippen molar-refractivity contribution >= 4 is 18.0 Å². The van der Waals surface area contributed by atoms with Gasteiger partial charge in [0.05, 0.1) is 27.8 Å². The molecule has 0 fully saturated rings. The van der Waals surface area contributed by atoms with Crippen molar-refractivity contribution in [2.45, 2.75) is 19.4 Å². The number of hydrogen-bond acceptors (Lipinski definition) is 7. The van der Waals surface area contributed by atoms with Gasteiger partial charge < -0.3 is 18.9 Å². The molecule has 0 bridgehead atoms. The van der Waals surface area contributed by atoms with E-state index < -0.39 is 24.1 Å². The van der Waals surface area contributed by atoms with Gasteiger partial charge in [-0.1, -0.05) is 6.07 Å². The highest BCUT2D eigenvalue weighted by Gasteiger charge is 2.21. The zero-order valence-electron chi connectivity index (χ0n) is 13.4. The van der Waals surface area contributed by atoms with Crippen LogP contribution in [-0.4, -0.2) is 45.4 Å². The first-order chi connectivity index (χ1) is 10.9. The highest BCUT2D eigenvalue weighted by atomic mass is 16.6. The minimum absolute atomic E-state index is 0.0942. The first-order valence-electron chi connectivity index (χ1n) is 6.70. The molecule has 8 nitrogen and oxygen atoms in total. The van der Waals surface area contributed by atoms with Gasteiger partial charge in [0, 0.05) is 11.6 Å². The van der Waals surface area contributed by atoms with Crippen molar-refractivity contribution in [3.63, 3.8) is 0 Å². The summed E-state index contributed by atoms with van der Waals surface area (Å²) in [4.78, 5) is 34.4. The first-order valence-corrected chi connectivity index (χ1v) is 6.70. The molecular weight excluding hydrogens is 306 g/mol. The smallest absolute Gasteiger partial charge is 0.413 e. The van der Waals surface area contributed by atoms with Gasteiger partial charge in [-0.3, -0.25) is 14.9 Å². The van der Waals surface area contributed by atoms with Crippen molar-refractivity contribution < 1.29 is 33.3 Å². The SMILES string of the molecule is COC(=O)NC(=O)[C@@H](C)OC(=O)Cc1ccc(OC)cc1OC. The molecule has 126 valence electrons. The van der Waals surface area contributed by atoms with E-state index >= 15 is 0 Å². The van der Waals surface area contributed by atoms with Crippen LogP contribution in [0.5, 0.6) is 11.5 Å². The quantitative estimate of drug-likeness (QED) is 0.781. The molecule has 2 amide bonds. The molecule has 0 radical (unpaired) electrons. The molecule has 1 atom stereocenters. The minimum atomic E-state index is -1.13. The molecule has 0 aromatic heterocycles. The Labute approximate surface area is 133 Å². The Hall–Kier alpha value is -2.77. The number of rotatable bonds is 6. The first kappa shape index (κ1) is 18.3. The number of alkyl carbamates (subject to hydrolysis) is 1. The fourth-order valence-electron chi connectivity index (χ4n) is 1.70. The second-order valence-corrected chi connectivity index (χ2v) is 4.47. The number of methoxy groups -OCH3 is 3. The third-order valence-electron chi connectivity index (χ3n) is 2.92. The average Bonchev–Trinajstić information content (AvgIpc) is 2.54. The summed E-state index contributed by atoms with van der Waals surface area (Å²) in [5.74, 6) is -0.356. The molecule has 0 unspecified atom stereocenters. The number of benzene rings is 1. The summed E-state index contributed by atoms with van der Waals surface area (Å²) >= 11 is 0. The van der Waals surface area contributed by atoms with Crippen LogP contribution in [0.3, 0.4) is 0 Å². The fourth-order valence-corrected chi connectivity index (χ4v) is 1.70. The molecule has 1 aromatic carbocycles. The normalized spacial score (nSPS) is 11.1. The Kier molecular flexibility index (Phi) is 6.85. The van der Waals surface area contributed by atoms with Gasteiger partial charge in [0.15, 0.2) is 6.10 Å². The van der Waals surface area contributed by atoms with Gasteiger partial charge in [0.25, 0.3) is 5.91 Å². The zero-order chi connectivity index (χ0) is 17.4. The second-order valence-electron chi connectivity index (χ2n) is 4.47. The fraction of sp³-hybridized carbons (Fsp3) is 0.400. The van der Waals surface area contributed by atoms with Crippen LogP contribution in [-0.2, 0) is 25.5 Å². The molecule has 23 heavy (non-hydrogen) atoms. The number of imide groups is 1. The monoisotopic (exact) mass is 325 g/mol. The molecule has 0 spiro atoms. The predicted octanol–water partition coefficient (Wildman–Crippen LogP) is 1.06. The Bertz CT molecular complexity index is 585. The molecule has 8 heteroatoms. The summed E-state index contributed by atoms with van der Waals surface area (Å²) in [6, 6.07) is 4.98. The summed E-state index contributed by atoms with van der Waals surface area (Å²) in [6.07, 6.45) is -2.15. The summed E-state index contributed by atoms with van der Waals surface area (Å²) in [7, 11) is 4.11. The lowest BCUT2D eigenvalue weighted by atomic mass is 10.1. The molecule has 0 aliphatic heterocycles. The minimum Gasteiger partial charge on any atom is -0.497 e. The van der Waals surface area contributed by atoms with Crippen LogP contribution in [0.2, 0.25) is 0 Å². The predicted molar refractivity (Wildman–Crippen MR) is 79.4 cm³/mol. The number of amides is 2. The Morgan fingerprint density at radius 3 is 2.39 bits per heavy atom. The van der Waals surface area contributed by atoms with E-state index in [-0.39, 0.29) is 6.42 Å². The lowest BCUT2D eigenvalue weighted by Crippen LogP contribution is -2.39. The van der Waals surface area contributed by atoms with Crippen LogP contribution in [0.25, 0.3) is 0 Å². The molecule has 0 aliphatic rings. The number of carbonyl (C=O) groups is 3. The lowest BCUT2D eigenvalue weighted by Gasteiger charge is -2.14. The van der Waals surface area contributed by atoms with Crippen LogP contribution in [0.1, 0.15) is 12.5 Å². The van der Waals surface area contributed by atoms with Gasteiger partial charge in [-0.05, 0) is 13.0 Å². The van der Waals surface area contributed by atoms with Crippen molar-refractivity contribution in [3.8, 4) is 11.5 Å². The standard InChI is InChI=1S/C15H19NO7/c1-9(14(18)16-15(19)22-4)23-13(17)7-10-5-6-11(20-2)8-12(10)21-3/h5-6,8-9H,7H2,1-4H3,(H,16,18,19)/t9-/m1/s1. The number of esters is 1. The van der Waals surface area contributed by atoms with E-state index in [4.69, 9.17) is 14.2 Å². The number of hydrogen-bond donors (Lipinski definition) is 1. The van der Waals surface area contributed by atoms with E-state index in [1.807, 2.05) is 5.32 Å². The second kappa shape index (κ2) is 8.62. The van der Waals surface area contributed by atoms with Crippen LogP contribution in [0.4, 0.5) is 4.79 Å². The van der Waals surface area contributed by atoms with Crippen LogP contribution in [0, 0.1) is 0 Å². The molecule has 0 heterocycles. The number of ether oxygens (including phenoxy) is 4. The molecule has 0 saturated heterocycles. The molecule has 1 aromatic rings. The van der Waals surface area contributed by atoms with E-state index in [1.54, 1.807) is 18.2 Å². The molecule has 0 aliphatic carbocycles. The summed E-state index contributed by atoms with van der Waals surface area (Å²) in [6.45, 7) is 1.35. The van der Waals surface area contributed by atoms with Gasteiger partial charge in [0.2, 0.25) is 0 Å². The Morgan fingerprint density at radius 1 is 1.13 bits per heavy atom. The van der Waals surface area contributed by atoms with Crippen molar-refractivity contribution in [1.82, 2.24) is 5.32 Å². The van der Waals surface area contributed by atoms with E-state index in [9.17, 15) is 14.4 Å². The third kappa shape index (κ3) is 5.50. The van der Waals surface area contributed by atoms with Gasteiger partial charge >= 0.3 is 12.1 Å². The largest absolute Gasteiger partial charge is 0.497 e. The Balaban J connectivity index is 2.66. The van der Waals surface area contributed by atoms with Crippen molar-refractivity contribution in [2.24, 2.45) is 0 Å². The van der Waals surface area contributed by atoms with Crippen molar-refractivity contribution in [2.75, 3.05) is 21.3 Å². The summed E-state index contributed by atoms with van der Waals surface area (Å²) in [5, 5.41) is 1.92. The van der Waals surface area contributed by atoms with Crippen LogP contribution >= 0.6 is 0 Å². The third-order valence-corrected chi connectivity index (χ3v) is 2.92.